The Labute approximate surface area is 134 Å². The molecule has 0 fully saturated rings. The molecule has 0 amide bonds. The quantitative estimate of drug-likeness (QED) is 0.433. The van der Waals surface area contributed by atoms with E-state index in [4.69, 9.17) is 0 Å². The fourth-order valence-corrected chi connectivity index (χ4v) is 4.29. The lowest BCUT2D eigenvalue weighted by Crippen LogP contribution is -2.41. The van der Waals surface area contributed by atoms with E-state index in [0.717, 1.165) is 38.5 Å². The number of carboxylic acid groups (broad SMARTS) is 1. The molecule has 0 spiro atoms. The minimum atomic E-state index is -4.23. The third-order valence-corrected chi connectivity index (χ3v) is 5.44. The lowest BCUT2D eigenvalue weighted by molar-refractivity contribution is -0.154. The van der Waals surface area contributed by atoms with E-state index in [2.05, 4.69) is 0 Å². The van der Waals surface area contributed by atoms with Crippen LogP contribution in [0.15, 0.2) is 0 Å². The number of rotatable bonds is 13. The zero-order valence-electron chi connectivity index (χ0n) is 14.3. The fourth-order valence-electron chi connectivity index (χ4n) is 3.19. The summed E-state index contributed by atoms with van der Waals surface area (Å²) in [6, 6.07) is 0. The van der Waals surface area contributed by atoms with Gasteiger partial charge in [-0.2, -0.15) is 0 Å². The van der Waals surface area contributed by atoms with Crippen LogP contribution in [0.4, 0.5) is 0 Å². The van der Waals surface area contributed by atoms with Crippen molar-refractivity contribution in [2.75, 3.05) is 6.16 Å². The van der Waals surface area contributed by atoms with Gasteiger partial charge in [0.05, 0.1) is 11.6 Å². The summed E-state index contributed by atoms with van der Waals surface area (Å²) in [7, 11) is -4.23. The van der Waals surface area contributed by atoms with Crippen LogP contribution >= 0.6 is 7.60 Å². The average molecular weight is 336 g/mol. The summed E-state index contributed by atoms with van der Waals surface area (Å²) < 4.78 is 11.5. The molecule has 0 aromatic rings. The fraction of sp³-hybridized carbons (Fsp3) is 0.938. The molecular weight excluding hydrogens is 303 g/mol. The first-order valence-corrected chi connectivity index (χ1v) is 10.3. The maximum atomic E-state index is 12.1. The summed E-state index contributed by atoms with van der Waals surface area (Å²) in [5.41, 5.74) is -0.998. The van der Waals surface area contributed by atoms with Crippen LogP contribution < -0.4 is 0 Å². The first-order chi connectivity index (χ1) is 10.2. The number of hydrogen-bond acceptors (Lipinski definition) is 2. The number of carbonyl (C=O) groups is 1. The van der Waals surface area contributed by atoms with Crippen LogP contribution in [0.1, 0.15) is 78.6 Å². The van der Waals surface area contributed by atoms with Gasteiger partial charge in [-0.1, -0.05) is 59.3 Å². The standard InChI is InChI=1S/C16H33O5P/c1-4-7-10-14(13-22(19,20)21)16(15(17)18,11-8-5-2)12-9-6-3/h14H,4-13H2,1-3H3,(H,17,18)(H2,19,20,21). The predicted octanol–water partition coefficient (Wildman–Crippen LogP) is 4.42. The Kier molecular flexibility index (Phi) is 10.2. The highest BCUT2D eigenvalue weighted by molar-refractivity contribution is 7.51. The second-order valence-electron chi connectivity index (χ2n) is 6.35. The van der Waals surface area contributed by atoms with Gasteiger partial charge in [-0.15, -0.1) is 0 Å². The molecule has 3 N–H and O–H groups in total. The van der Waals surface area contributed by atoms with Gasteiger partial charge >= 0.3 is 13.6 Å². The van der Waals surface area contributed by atoms with Crippen molar-refractivity contribution in [3.8, 4) is 0 Å². The molecule has 0 heterocycles. The maximum absolute atomic E-state index is 12.1. The van der Waals surface area contributed by atoms with Crippen molar-refractivity contribution in [2.24, 2.45) is 11.3 Å². The van der Waals surface area contributed by atoms with Crippen LogP contribution in [0, 0.1) is 11.3 Å². The topological polar surface area (TPSA) is 94.8 Å². The zero-order chi connectivity index (χ0) is 17.2. The minimum absolute atomic E-state index is 0.313. The van der Waals surface area contributed by atoms with E-state index in [1.165, 1.54) is 0 Å². The van der Waals surface area contributed by atoms with Gasteiger partial charge in [0.1, 0.15) is 0 Å². The maximum Gasteiger partial charge on any atom is 0.325 e. The van der Waals surface area contributed by atoms with E-state index >= 15 is 0 Å². The largest absolute Gasteiger partial charge is 0.481 e. The van der Waals surface area contributed by atoms with Crippen molar-refractivity contribution in [1.82, 2.24) is 0 Å². The second kappa shape index (κ2) is 10.4. The summed E-state index contributed by atoms with van der Waals surface area (Å²) in [4.78, 5) is 30.9. The molecule has 0 bridgehead atoms. The SMILES string of the molecule is CCCCC(CP(=O)(O)O)C(CCCC)(CCCC)C(=O)O. The first kappa shape index (κ1) is 21.6. The summed E-state index contributed by atoms with van der Waals surface area (Å²) in [6.07, 6.45) is 6.30. The normalized spacial score (nSPS) is 14.0. The average Bonchev–Trinajstić information content (AvgIpc) is 2.42. The molecule has 22 heavy (non-hydrogen) atoms. The van der Waals surface area contributed by atoms with Gasteiger partial charge in [0.15, 0.2) is 0 Å². The van der Waals surface area contributed by atoms with Crippen LogP contribution in [-0.4, -0.2) is 27.0 Å². The minimum Gasteiger partial charge on any atom is -0.481 e. The molecule has 132 valence electrons. The van der Waals surface area contributed by atoms with E-state index in [1.54, 1.807) is 0 Å². The number of hydrogen-bond donors (Lipinski definition) is 3. The lowest BCUT2D eigenvalue weighted by atomic mass is 9.67. The highest BCUT2D eigenvalue weighted by atomic mass is 31.2. The van der Waals surface area contributed by atoms with E-state index < -0.39 is 24.9 Å². The molecule has 5 nitrogen and oxygen atoms in total. The van der Waals surface area contributed by atoms with E-state index in [0.29, 0.717) is 19.3 Å². The van der Waals surface area contributed by atoms with Gasteiger partial charge in [-0.3, -0.25) is 9.36 Å². The van der Waals surface area contributed by atoms with Crippen molar-refractivity contribution < 1.29 is 24.3 Å². The number of unbranched alkanes of at least 4 members (excludes halogenated alkanes) is 3. The zero-order valence-corrected chi connectivity index (χ0v) is 15.1. The van der Waals surface area contributed by atoms with Crippen LogP contribution in [0.3, 0.4) is 0 Å². The Morgan fingerprint density at radius 1 is 1.00 bits per heavy atom. The van der Waals surface area contributed by atoms with Gasteiger partial charge in [-0.25, -0.2) is 0 Å². The van der Waals surface area contributed by atoms with Gasteiger partial charge in [0.25, 0.3) is 0 Å². The molecule has 0 aliphatic carbocycles. The van der Waals surface area contributed by atoms with E-state index in [-0.39, 0.29) is 6.16 Å². The molecule has 0 aromatic carbocycles. The third kappa shape index (κ3) is 7.26. The molecule has 0 saturated carbocycles. The van der Waals surface area contributed by atoms with E-state index in [9.17, 15) is 24.3 Å². The summed E-state index contributed by atoms with van der Waals surface area (Å²) >= 11 is 0. The Balaban J connectivity index is 5.53. The Hall–Kier alpha value is -0.380. The molecule has 1 unspecified atom stereocenters. The van der Waals surface area contributed by atoms with Crippen molar-refractivity contribution in [3.05, 3.63) is 0 Å². The Morgan fingerprint density at radius 3 is 1.77 bits per heavy atom. The molecular formula is C16H33O5P. The van der Waals surface area contributed by atoms with Crippen molar-refractivity contribution in [1.29, 1.82) is 0 Å². The second-order valence-corrected chi connectivity index (χ2v) is 8.05. The summed E-state index contributed by atoms with van der Waals surface area (Å²) in [5.74, 6) is -1.34. The van der Waals surface area contributed by atoms with Gasteiger partial charge < -0.3 is 14.9 Å². The van der Waals surface area contributed by atoms with E-state index in [1.807, 2.05) is 20.8 Å². The number of aliphatic carboxylic acids is 1. The number of carboxylic acids is 1. The monoisotopic (exact) mass is 336 g/mol. The van der Waals surface area contributed by atoms with Crippen LogP contribution in [0.2, 0.25) is 0 Å². The van der Waals surface area contributed by atoms with Crippen LogP contribution in [0.5, 0.6) is 0 Å². The van der Waals surface area contributed by atoms with Crippen molar-refractivity contribution >= 4 is 13.6 Å². The highest BCUT2D eigenvalue weighted by Crippen LogP contribution is 2.49. The molecule has 0 aromatic heterocycles. The Bertz CT molecular complexity index is 356. The molecule has 1 atom stereocenters. The van der Waals surface area contributed by atoms with Gasteiger partial charge in [0.2, 0.25) is 0 Å². The molecule has 0 radical (unpaired) electrons. The van der Waals surface area contributed by atoms with Gasteiger partial charge in [0, 0.05) is 0 Å². The lowest BCUT2D eigenvalue weighted by Gasteiger charge is -2.38. The van der Waals surface area contributed by atoms with Gasteiger partial charge in [-0.05, 0) is 25.2 Å². The predicted molar refractivity (Wildman–Crippen MR) is 89.0 cm³/mol. The smallest absolute Gasteiger partial charge is 0.325 e. The van der Waals surface area contributed by atoms with Crippen molar-refractivity contribution in [2.45, 2.75) is 78.6 Å². The van der Waals surface area contributed by atoms with Crippen molar-refractivity contribution in [3.63, 3.8) is 0 Å². The molecule has 0 rings (SSSR count). The Morgan fingerprint density at radius 2 is 1.45 bits per heavy atom. The molecule has 6 heteroatoms. The molecule has 0 aliphatic rings. The highest BCUT2D eigenvalue weighted by Gasteiger charge is 2.46. The molecule has 0 saturated heterocycles. The van der Waals surface area contributed by atoms with Crippen LogP contribution in [-0.2, 0) is 9.36 Å². The first-order valence-electron chi connectivity index (χ1n) is 8.51. The summed E-state index contributed by atoms with van der Waals surface area (Å²) in [6.45, 7) is 6.03. The van der Waals surface area contributed by atoms with Crippen LogP contribution in [0.25, 0.3) is 0 Å². The summed E-state index contributed by atoms with van der Waals surface area (Å²) in [5, 5.41) is 9.89. The molecule has 0 aliphatic heterocycles. The third-order valence-electron chi connectivity index (χ3n) is 4.52.